The second kappa shape index (κ2) is 13.6. The van der Waals surface area contributed by atoms with Crippen LogP contribution in [0.1, 0.15) is 0 Å². The SMILES string of the molecule is c1ccc(-c2cc(-c3ccc(-c4ccc(-c5cc6c(oc7cccc(-c8ccc9ccccc9c8)c76)c6ccccc56)cc4)cc3)nc(-c3ccccc3)n2)cc1. The quantitative estimate of drug-likeness (QED) is 0.171. The number of rotatable bonds is 6. The Morgan fingerprint density at radius 1 is 0.316 bits per heavy atom. The Morgan fingerprint density at radius 2 is 0.877 bits per heavy atom. The van der Waals surface area contributed by atoms with Crippen molar-refractivity contribution in [1.29, 1.82) is 0 Å². The van der Waals surface area contributed by atoms with Gasteiger partial charge in [0, 0.05) is 32.8 Å². The third-order valence-corrected chi connectivity index (χ3v) is 11.1. The van der Waals surface area contributed by atoms with Crippen molar-refractivity contribution in [3.8, 4) is 67.3 Å². The molecule has 0 aliphatic carbocycles. The summed E-state index contributed by atoms with van der Waals surface area (Å²) >= 11 is 0. The third-order valence-electron chi connectivity index (χ3n) is 11.1. The second-order valence-corrected chi connectivity index (χ2v) is 14.5. The molecule has 0 aliphatic rings. The Bertz CT molecular complexity index is 3200. The minimum atomic E-state index is 0.714. The summed E-state index contributed by atoms with van der Waals surface area (Å²) in [6, 6.07) is 72.8. The summed E-state index contributed by atoms with van der Waals surface area (Å²) < 4.78 is 6.67. The normalized spacial score (nSPS) is 11.5. The van der Waals surface area contributed by atoms with Crippen molar-refractivity contribution in [2.45, 2.75) is 0 Å². The zero-order chi connectivity index (χ0) is 37.7. The lowest BCUT2D eigenvalue weighted by atomic mass is 9.92. The zero-order valence-electron chi connectivity index (χ0n) is 30.9. The van der Waals surface area contributed by atoms with Gasteiger partial charge in [-0.15, -0.1) is 0 Å². The average Bonchev–Trinajstić information content (AvgIpc) is 3.68. The number of benzene rings is 9. The van der Waals surface area contributed by atoms with Crippen molar-refractivity contribution < 1.29 is 4.42 Å². The molecule has 2 aromatic heterocycles. The number of fused-ring (bicyclic) bond motifs is 6. The van der Waals surface area contributed by atoms with E-state index in [2.05, 4.69) is 170 Å². The molecule has 0 aliphatic heterocycles. The lowest BCUT2D eigenvalue weighted by Crippen LogP contribution is -1.95. The van der Waals surface area contributed by atoms with Crippen molar-refractivity contribution >= 4 is 43.5 Å². The van der Waals surface area contributed by atoms with Gasteiger partial charge in [-0.25, -0.2) is 9.97 Å². The van der Waals surface area contributed by atoms with E-state index in [9.17, 15) is 0 Å². The Morgan fingerprint density at radius 3 is 1.60 bits per heavy atom. The molecule has 266 valence electrons. The first-order valence-corrected chi connectivity index (χ1v) is 19.3. The highest BCUT2D eigenvalue weighted by atomic mass is 16.3. The summed E-state index contributed by atoms with van der Waals surface area (Å²) in [7, 11) is 0. The summed E-state index contributed by atoms with van der Waals surface area (Å²) in [5.74, 6) is 0.714. The molecular weight excluding hydrogens is 693 g/mol. The molecule has 0 amide bonds. The van der Waals surface area contributed by atoms with E-state index >= 15 is 0 Å². The second-order valence-electron chi connectivity index (χ2n) is 14.5. The topological polar surface area (TPSA) is 38.9 Å². The van der Waals surface area contributed by atoms with Crippen LogP contribution in [0.5, 0.6) is 0 Å². The van der Waals surface area contributed by atoms with E-state index in [4.69, 9.17) is 14.4 Å². The van der Waals surface area contributed by atoms with Gasteiger partial charge in [0.05, 0.1) is 11.4 Å². The standard InChI is InChI=1S/C54H34N2O/c1-3-13-39(14-4-1)49-34-50(56-54(55-49)41-15-5-2-6-16-41)40-29-24-37(25-30-40)36-22-27-38(28-23-36)47-33-48-52-44(43-31-26-35-12-7-8-17-42(35)32-43)20-11-21-51(52)57-53(48)46-19-10-9-18-45(46)47/h1-34H. The Hall–Kier alpha value is -7.62. The van der Waals surface area contributed by atoms with Crippen molar-refractivity contribution in [1.82, 2.24) is 9.97 Å². The Kier molecular flexibility index (Phi) is 7.82. The van der Waals surface area contributed by atoms with Crippen LogP contribution < -0.4 is 0 Å². The first kappa shape index (κ1) is 32.8. The molecule has 0 saturated heterocycles. The largest absolute Gasteiger partial charge is 0.455 e. The molecule has 3 heteroatoms. The van der Waals surface area contributed by atoms with Crippen LogP contribution in [0.4, 0.5) is 0 Å². The number of hydrogen-bond donors (Lipinski definition) is 0. The smallest absolute Gasteiger partial charge is 0.160 e. The third kappa shape index (κ3) is 5.85. The minimum absolute atomic E-state index is 0.714. The van der Waals surface area contributed by atoms with Gasteiger partial charge in [-0.05, 0) is 73.8 Å². The molecule has 11 rings (SSSR count). The summed E-state index contributed by atoms with van der Waals surface area (Å²) in [5, 5.41) is 7.01. The van der Waals surface area contributed by atoms with Gasteiger partial charge in [0.2, 0.25) is 0 Å². The van der Waals surface area contributed by atoms with E-state index in [1.54, 1.807) is 0 Å². The van der Waals surface area contributed by atoms with Crippen molar-refractivity contribution in [2.75, 3.05) is 0 Å². The van der Waals surface area contributed by atoms with Crippen LogP contribution >= 0.6 is 0 Å². The summed E-state index contributed by atoms with van der Waals surface area (Å²) in [4.78, 5) is 9.98. The number of hydrogen-bond acceptors (Lipinski definition) is 3. The highest BCUT2D eigenvalue weighted by Crippen LogP contribution is 2.43. The first-order chi connectivity index (χ1) is 28.2. The van der Waals surface area contributed by atoms with E-state index in [-0.39, 0.29) is 0 Å². The molecule has 0 fully saturated rings. The number of furan rings is 1. The first-order valence-electron chi connectivity index (χ1n) is 19.3. The van der Waals surface area contributed by atoms with Crippen LogP contribution in [-0.4, -0.2) is 9.97 Å². The van der Waals surface area contributed by atoms with Crippen LogP contribution in [0.15, 0.2) is 211 Å². The van der Waals surface area contributed by atoms with Gasteiger partial charge >= 0.3 is 0 Å². The fourth-order valence-corrected chi connectivity index (χ4v) is 8.23. The molecule has 3 nitrogen and oxygen atoms in total. The highest BCUT2D eigenvalue weighted by molar-refractivity contribution is 6.22. The van der Waals surface area contributed by atoms with Gasteiger partial charge in [-0.1, -0.05) is 182 Å². The van der Waals surface area contributed by atoms with E-state index in [1.165, 1.54) is 32.8 Å². The minimum Gasteiger partial charge on any atom is -0.455 e. The van der Waals surface area contributed by atoms with Crippen LogP contribution in [0.25, 0.3) is 111 Å². The van der Waals surface area contributed by atoms with Crippen LogP contribution in [0.3, 0.4) is 0 Å². The molecule has 11 aromatic rings. The fourth-order valence-electron chi connectivity index (χ4n) is 8.23. The molecule has 0 saturated carbocycles. The molecule has 57 heavy (non-hydrogen) atoms. The van der Waals surface area contributed by atoms with Gasteiger partial charge in [-0.2, -0.15) is 0 Å². The number of nitrogens with zero attached hydrogens (tertiary/aromatic N) is 2. The summed E-state index contributed by atoms with van der Waals surface area (Å²) in [5.41, 5.74) is 13.7. The number of aromatic nitrogens is 2. The van der Waals surface area contributed by atoms with Crippen molar-refractivity contribution in [3.63, 3.8) is 0 Å². The van der Waals surface area contributed by atoms with Crippen molar-refractivity contribution in [3.05, 3.63) is 206 Å². The maximum Gasteiger partial charge on any atom is 0.160 e. The highest BCUT2D eigenvalue weighted by Gasteiger charge is 2.18. The van der Waals surface area contributed by atoms with Gasteiger partial charge in [0.15, 0.2) is 5.82 Å². The molecule has 9 aromatic carbocycles. The van der Waals surface area contributed by atoms with Crippen LogP contribution in [0, 0.1) is 0 Å². The van der Waals surface area contributed by atoms with E-state index in [0.29, 0.717) is 5.82 Å². The Labute approximate surface area is 330 Å². The fraction of sp³-hybridized carbons (Fsp3) is 0. The zero-order valence-corrected chi connectivity index (χ0v) is 30.9. The maximum absolute atomic E-state index is 6.67. The van der Waals surface area contributed by atoms with Crippen LogP contribution in [0.2, 0.25) is 0 Å². The Balaban J connectivity index is 0.969. The van der Waals surface area contributed by atoms with Gasteiger partial charge in [-0.3, -0.25) is 0 Å². The predicted molar refractivity (Wildman–Crippen MR) is 237 cm³/mol. The monoisotopic (exact) mass is 726 g/mol. The molecule has 0 bridgehead atoms. The van der Waals surface area contributed by atoms with E-state index in [1.807, 2.05) is 36.4 Å². The maximum atomic E-state index is 6.67. The average molecular weight is 727 g/mol. The molecule has 2 heterocycles. The van der Waals surface area contributed by atoms with Crippen LogP contribution in [-0.2, 0) is 0 Å². The lowest BCUT2D eigenvalue weighted by Gasteiger charge is -2.11. The molecule has 0 spiro atoms. The van der Waals surface area contributed by atoms with E-state index < -0.39 is 0 Å². The molecule has 0 atom stereocenters. The lowest BCUT2D eigenvalue weighted by molar-refractivity contribution is 0.673. The summed E-state index contributed by atoms with van der Waals surface area (Å²) in [6.45, 7) is 0. The predicted octanol–water partition coefficient (Wildman–Crippen LogP) is 14.7. The summed E-state index contributed by atoms with van der Waals surface area (Å²) in [6.07, 6.45) is 0. The van der Waals surface area contributed by atoms with Gasteiger partial charge in [0.25, 0.3) is 0 Å². The van der Waals surface area contributed by atoms with Gasteiger partial charge < -0.3 is 4.42 Å². The molecule has 0 radical (unpaired) electrons. The van der Waals surface area contributed by atoms with E-state index in [0.717, 1.165) is 72.1 Å². The molecule has 0 N–H and O–H groups in total. The molecule has 0 unspecified atom stereocenters. The van der Waals surface area contributed by atoms with Crippen molar-refractivity contribution in [2.24, 2.45) is 0 Å². The van der Waals surface area contributed by atoms with Gasteiger partial charge in [0.1, 0.15) is 11.2 Å². The molecular formula is C54H34N2O.